The maximum Gasteiger partial charge on any atom is 0.416 e. The van der Waals surface area contributed by atoms with Crippen LogP contribution in [0.25, 0.3) is 5.69 Å². The summed E-state index contributed by atoms with van der Waals surface area (Å²) in [6, 6.07) is 7.79. The number of nitrogens with one attached hydrogen (secondary N) is 1. The molecular formula is C17H17F3N4O. The summed E-state index contributed by atoms with van der Waals surface area (Å²) in [5.74, 6) is -0.455. The van der Waals surface area contributed by atoms with E-state index in [1.165, 1.54) is 29.0 Å². The zero-order valence-corrected chi connectivity index (χ0v) is 13.8. The molecule has 1 heterocycles. The molecule has 0 radical (unpaired) electrons. The van der Waals surface area contributed by atoms with Crippen LogP contribution in [0.2, 0.25) is 0 Å². The summed E-state index contributed by atoms with van der Waals surface area (Å²) >= 11 is 0. The summed E-state index contributed by atoms with van der Waals surface area (Å²) in [6.07, 6.45) is -2.94. The van der Waals surface area contributed by atoms with Crippen molar-refractivity contribution in [2.45, 2.75) is 6.18 Å². The molecular weight excluding hydrogens is 333 g/mol. The van der Waals surface area contributed by atoms with Crippen LogP contribution in [0.4, 0.5) is 13.2 Å². The van der Waals surface area contributed by atoms with Gasteiger partial charge in [-0.1, -0.05) is 0 Å². The Kier molecular flexibility index (Phi) is 5.49. The van der Waals surface area contributed by atoms with Gasteiger partial charge in [0.2, 0.25) is 0 Å². The van der Waals surface area contributed by atoms with Gasteiger partial charge in [-0.3, -0.25) is 4.79 Å². The molecule has 1 aromatic heterocycles. The molecule has 132 valence electrons. The minimum atomic E-state index is -4.43. The van der Waals surface area contributed by atoms with E-state index in [4.69, 9.17) is 0 Å². The zero-order valence-electron chi connectivity index (χ0n) is 13.8. The fourth-order valence-electron chi connectivity index (χ4n) is 2.26. The smallest absolute Gasteiger partial charge is 0.349 e. The van der Waals surface area contributed by atoms with Gasteiger partial charge < -0.3 is 14.8 Å². The molecule has 0 bridgehead atoms. The number of nitrogens with zero attached hydrogens (tertiary/aromatic N) is 3. The van der Waals surface area contributed by atoms with Crippen molar-refractivity contribution in [3.8, 4) is 11.8 Å². The fourth-order valence-corrected chi connectivity index (χ4v) is 2.26. The van der Waals surface area contributed by atoms with Crippen LogP contribution in [0.5, 0.6) is 0 Å². The lowest BCUT2D eigenvalue weighted by molar-refractivity contribution is -0.137. The second-order valence-electron chi connectivity index (χ2n) is 5.66. The molecule has 0 unspecified atom stereocenters. The van der Waals surface area contributed by atoms with Gasteiger partial charge in [0.15, 0.2) is 0 Å². The van der Waals surface area contributed by atoms with Crippen molar-refractivity contribution >= 4 is 5.91 Å². The Bertz CT molecular complexity index is 786. The normalized spacial score (nSPS) is 11.4. The van der Waals surface area contributed by atoms with Gasteiger partial charge in [0.25, 0.3) is 5.91 Å². The number of aromatic nitrogens is 1. The van der Waals surface area contributed by atoms with Gasteiger partial charge in [-0.25, -0.2) is 0 Å². The number of amides is 1. The highest BCUT2D eigenvalue weighted by Gasteiger charge is 2.30. The topological polar surface area (TPSA) is 61.1 Å². The van der Waals surface area contributed by atoms with E-state index in [9.17, 15) is 23.2 Å². The van der Waals surface area contributed by atoms with Crippen molar-refractivity contribution in [2.24, 2.45) is 0 Å². The maximum absolute atomic E-state index is 12.7. The molecule has 1 N–H and O–H groups in total. The Labute approximate surface area is 143 Å². The van der Waals surface area contributed by atoms with Crippen LogP contribution in [0, 0.1) is 11.3 Å². The molecule has 2 aromatic rings. The van der Waals surface area contributed by atoms with E-state index in [0.29, 0.717) is 18.8 Å². The van der Waals surface area contributed by atoms with E-state index in [2.05, 4.69) is 5.32 Å². The number of carbonyl (C=O) groups excluding carboxylic acids is 1. The van der Waals surface area contributed by atoms with Crippen LogP contribution in [-0.4, -0.2) is 42.6 Å². The van der Waals surface area contributed by atoms with Crippen LogP contribution < -0.4 is 5.32 Å². The predicted molar refractivity (Wildman–Crippen MR) is 86.4 cm³/mol. The number of nitriles is 1. The fraction of sp³-hybridized carbons (Fsp3) is 0.294. The van der Waals surface area contributed by atoms with Crippen LogP contribution in [0.1, 0.15) is 21.6 Å². The number of benzene rings is 1. The second-order valence-corrected chi connectivity index (χ2v) is 5.66. The van der Waals surface area contributed by atoms with Gasteiger partial charge in [0, 0.05) is 25.0 Å². The van der Waals surface area contributed by atoms with Crippen molar-refractivity contribution in [2.75, 3.05) is 27.2 Å². The van der Waals surface area contributed by atoms with E-state index < -0.39 is 17.6 Å². The first-order valence-corrected chi connectivity index (χ1v) is 7.46. The zero-order chi connectivity index (χ0) is 18.6. The van der Waals surface area contributed by atoms with Gasteiger partial charge in [0.05, 0.1) is 11.1 Å². The van der Waals surface area contributed by atoms with E-state index in [0.717, 1.165) is 12.1 Å². The van der Waals surface area contributed by atoms with E-state index in [1.807, 2.05) is 25.1 Å². The lowest BCUT2D eigenvalue weighted by Crippen LogP contribution is -2.32. The molecule has 5 nitrogen and oxygen atoms in total. The third kappa shape index (κ3) is 4.39. The molecule has 0 fully saturated rings. The first-order valence-electron chi connectivity index (χ1n) is 7.46. The number of carbonyl (C=O) groups is 1. The molecule has 25 heavy (non-hydrogen) atoms. The molecule has 0 aliphatic carbocycles. The Morgan fingerprint density at radius 2 is 1.88 bits per heavy atom. The Morgan fingerprint density at radius 3 is 2.40 bits per heavy atom. The van der Waals surface area contributed by atoms with Crippen LogP contribution in [-0.2, 0) is 6.18 Å². The third-order valence-electron chi connectivity index (χ3n) is 3.54. The largest absolute Gasteiger partial charge is 0.416 e. The van der Waals surface area contributed by atoms with Gasteiger partial charge in [-0.2, -0.15) is 18.4 Å². The third-order valence-corrected chi connectivity index (χ3v) is 3.54. The van der Waals surface area contributed by atoms with E-state index in [-0.39, 0.29) is 11.3 Å². The summed E-state index contributed by atoms with van der Waals surface area (Å²) in [5, 5.41) is 11.9. The van der Waals surface area contributed by atoms with Gasteiger partial charge in [0.1, 0.15) is 11.8 Å². The van der Waals surface area contributed by atoms with Crippen LogP contribution in [0.15, 0.2) is 36.5 Å². The molecule has 0 atom stereocenters. The Morgan fingerprint density at radius 1 is 1.24 bits per heavy atom. The van der Waals surface area contributed by atoms with Crippen LogP contribution >= 0.6 is 0 Å². The molecule has 2 rings (SSSR count). The van der Waals surface area contributed by atoms with Crippen molar-refractivity contribution in [1.29, 1.82) is 5.26 Å². The standard InChI is InChI=1S/C17H17F3N4O/c1-23(2)10-8-22-16(25)15-12(11-21)7-9-24(15)14-5-3-13(4-6-14)17(18,19)20/h3-7,9H,8,10H2,1-2H3,(H,22,25). The number of likely N-dealkylation sites (N-methyl/N-ethyl adjacent to an activating group) is 1. The Hall–Kier alpha value is -2.79. The van der Waals surface area contributed by atoms with Crippen molar-refractivity contribution in [1.82, 2.24) is 14.8 Å². The van der Waals surface area contributed by atoms with E-state index in [1.54, 1.807) is 0 Å². The quantitative estimate of drug-likeness (QED) is 0.902. The molecule has 1 aromatic carbocycles. The first kappa shape index (κ1) is 18.5. The number of hydrogen-bond donors (Lipinski definition) is 1. The number of halogens is 3. The van der Waals surface area contributed by atoms with Crippen molar-refractivity contribution < 1.29 is 18.0 Å². The lowest BCUT2D eigenvalue weighted by atomic mass is 10.2. The maximum atomic E-state index is 12.7. The average molecular weight is 350 g/mol. The highest BCUT2D eigenvalue weighted by Crippen LogP contribution is 2.30. The van der Waals surface area contributed by atoms with Crippen LogP contribution in [0.3, 0.4) is 0 Å². The molecule has 1 amide bonds. The van der Waals surface area contributed by atoms with E-state index >= 15 is 0 Å². The monoisotopic (exact) mass is 350 g/mol. The van der Waals surface area contributed by atoms with Crippen molar-refractivity contribution in [3.05, 3.63) is 53.3 Å². The molecule has 0 aliphatic heterocycles. The highest BCUT2D eigenvalue weighted by molar-refractivity contribution is 5.95. The second kappa shape index (κ2) is 7.40. The van der Waals surface area contributed by atoms with Crippen molar-refractivity contribution in [3.63, 3.8) is 0 Å². The Balaban J connectivity index is 2.32. The number of hydrogen-bond acceptors (Lipinski definition) is 3. The predicted octanol–water partition coefficient (Wildman–Crippen LogP) is 2.66. The molecule has 0 saturated heterocycles. The van der Waals surface area contributed by atoms with Gasteiger partial charge in [-0.05, 0) is 44.4 Å². The minimum Gasteiger partial charge on any atom is -0.349 e. The molecule has 0 saturated carbocycles. The summed E-state index contributed by atoms with van der Waals surface area (Å²) in [5.41, 5.74) is -0.156. The van der Waals surface area contributed by atoms with Gasteiger partial charge in [-0.15, -0.1) is 0 Å². The highest BCUT2D eigenvalue weighted by atomic mass is 19.4. The molecule has 0 aliphatic rings. The molecule has 0 spiro atoms. The average Bonchev–Trinajstić information content (AvgIpc) is 2.97. The van der Waals surface area contributed by atoms with Gasteiger partial charge >= 0.3 is 6.18 Å². The SMILES string of the molecule is CN(C)CCNC(=O)c1c(C#N)ccn1-c1ccc(C(F)(F)F)cc1. The number of rotatable bonds is 5. The first-order chi connectivity index (χ1) is 11.7. The molecule has 8 heteroatoms. The summed E-state index contributed by atoms with van der Waals surface area (Å²) in [4.78, 5) is 14.3. The lowest BCUT2D eigenvalue weighted by Gasteiger charge is -2.13. The minimum absolute atomic E-state index is 0.0982. The summed E-state index contributed by atoms with van der Waals surface area (Å²) < 4.78 is 39.4. The number of alkyl halides is 3. The summed E-state index contributed by atoms with van der Waals surface area (Å²) in [6.45, 7) is 1.00. The summed E-state index contributed by atoms with van der Waals surface area (Å²) in [7, 11) is 3.72.